The van der Waals surface area contributed by atoms with Crippen LogP contribution < -0.4 is 0 Å². The molecule has 0 unspecified atom stereocenters. The number of hydrogen-bond donors (Lipinski definition) is 0. The molecule has 0 spiro atoms. The number of likely N-dealkylation sites (tertiary alicyclic amines) is 1. The van der Waals surface area contributed by atoms with Crippen LogP contribution in [0.3, 0.4) is 0 Å². The van der Waals surface area contributed by atoms with E-state index in [0.717, 1.165) is 12.8 Å². The second-order valence-corrected chi connectivity index (χ2v) is 9.21. The molecule has 2 amide bonds. The van der Waals surface area contributed by atoms with Crippen LogP contribution in [0, 0.1) is 5.41 Å². The van der Waals surface area contributed by atoms with E-state index in [1.54, 1.807) is 16.7 Å². The number of nitrogens with zero attached hydrogens (tertiary/aromatic N) is 2. The summed E-state index contributed by atoms with van der Waals surface area (Å²) in [6.45, 7) is 11.5. The first-order chi connectivity index (χ1) is 14.1. The van der Waals surface area contributed by atoms with E-state index in [9.17, 15) is 14.4 Å². The van der Waals surface area contributed by atoms with Gasteiger partial charge in [-0.3, -0.25) is 9.59 Å². The summed E-state index contributed by atoms with van der Waals surface area (Å²) < 4.78 is 16.1. The van der Waals surface area contributed by atoms with Crippen LogP contribution in [0.15, 0.2) is 0 Å². The van der Waals surface area contributed by atoms with Crippen molar-refractivity contribution in [2.75, 3.05) is 39.5 Å². The molecular formula is C22H38N2O6. The second-order valence-electron chi connectivity index (χ2n) is 9.21. The van der Waals surface area contributed by atoms with Crippen molar-refractivity contribution in [2.45, 2.75) is 78.4 Å². The Balaban J connectivity index is 2.22. The van der Waals surface area contributed by atoms with Crippen LogP contribution in [0.2, 0.25) is 0 Å². The number of carbonyl (C=O) groups excluding carboxylic acids is 3. The summed E-state index contributed by atoms with van der Waals surface area (Å²) in [7, 11) is 0. The third kappa shape index (κ3) is 6.33. The standard InChI is InChI=1S/C22H38N2O6/c1-6-22(10-13-28-14-11-22)19(26)24(16-18(25)29-7-2)17-9-8-12-23(15-17)20(27)30-21(3,4)5/h17H,6-16H2,1-5H3/t17-/m0/s1. The van der Waals surface area contributed by atoms with E-state index in [1.807, 2.05) is 27.7 Å². The Labute approximate surface area is 180 Å². The first-order valence-electron chi connectivity index (χ1n) is 11.1. The third-order valence-corrected chi connectivity index (χ3v) is 5.93. The Bertz CT molecular complexity index is 609. The van der Waals surface area contributed by atoms with E-state index >= 15 is 0 Å². The number of rotatable bonds is 6. The molecule has 0 saturated carbocycles. The lowest BCUT2D eigenvalue weighted by Crippen LogP contribution is -2.57. The maximum absolute atomic E-state index is 13.7. The van der Waals surface area contributed by atoms with Crippen LogP contribution in [-0.2, 0) is 23.8 Å². The van der Waals surface area contributed by atoms with Gasteiger partial charge in [0.1, 0.15) is 12.1 Å². The summed E-state index contributed by atoms with van der Waals surface area (Å²) in [5.41, 5.74) is -1.11. The zero-order valence-electron chi connectivity index (χ0n) is 19.2. The third-order valence-electron chi connectivity index (χ3n) is 5.93. The van der Waals surface area contributed by atoms with Crippen molar-refractivity contribution >= 4 is 18.0 Å². The highest BCUT2D eigenvalue weighted by atomic mass is 16.6. The summed E-state index contributed by atoms with van der Waals surface area (Å²) >= 11 is 0. The van der Waals surface area contributed by atoms with Gasteiger partial charge in [-0.2, -0.15) is 0 Å². The molecule has 2 fully saturated rings. The van der Waals surface area contributed by atoms with E-state index in [1.165, 1.54) is 0 Å². The Kier molecular flexibility index (Phi) is 8.52. The van der Waals surface area contributed by atoms with Gasteiger partial charge in [0.15, 0.2) is 0 Å². The molecule has 0 aromatic carbocycles. The summed E-state index contributed by atoms with van der Waals surface area (Å²) in [5, 5.41) is 0. The minimum absolute atomic E-state index is 0.0302. The van der Waals surface area contributed by atoms with Gasteiger partial charge in [0.2, 0.25) is 5.91 Å². The molecule has 2 aliphatic rings. The molecule has 30 heavy (non-hydrogen) atoms. The number of carbonyl (C=O) groups is 3. The maximum Gasteiger partial charge on any atom is 0.410 e. The van der Waals surface area contributed by atoms with Crippen LogP contribution in [0.1, 0.15) is 66.7 Å². The van der Waals surface area contributed by atoms with Crippen molar-refractivity contribution in [1.82, 2.24) is 9.80 Å². The first kappa shape index (κ1) is 24.4. The van der Waals surface area contributed by atoms with Gasteiger partial charge in [-0.15, -0.1) is 0 Å². The van der Waals surface area contributed by atoms with Gasteiger partial charge < -0.3 is 24.0 Å². The Morgan fingerprint density at radius 3 is 2.40 bits per heavy atom. The maximum atomic E-state index is 13.7. The lowest BCUT2D eigenvalue weighted by Gasteiger charge is -2.44. The van der Waals surface area contributed by atoms with Crippen LogP contribution in [-0.4, -0.2) is 78.9 Å². The van der Waals surface area contributed by atoms with Crippen molar-refractivity contribution in [3.05, 3.63) is 0 Å². The van der Waals surface area contributed by atoms with Crippen molar-refractivity contribution in [3.8, 4) is 0 Å². The lowest BCUT2D eigenvalue weighted by atomic mass is 9.76. The van der Waals surface area contributed by atoms with Gasteiger partial charge in [0.05, 0.1) is 18.1 Å². The fraction of sp³-hybridized carbons (Fsp3) is 0.864. The van der Waals surface area contributed by atoms with E-state index in [0.29, 0.717) is 45.6 Å². The molecular weight excluding hydrogens is 388 g/mol. The van der Waals surface area contributed by atoms with Crippen LogP contribution >= 0.6 is 0 Å². The highest BCUT2D eigenvalue weighted by Crippen LogP contribution is 2.37. The Morgan fingerprint density at radius 1 is 1.17 bits per heavy atom. The number of piperidine rings is 1. The lowest BCUT2D eigenvalue weighted by molar-refractivity contribution is -0.159. The fourth-order valence-corrected chi connectivity index (χ4v) is 4.20. The fourth-order valence-electron chi connectivity index (χ4n) is 4.20. The molecule has 0 bridgehead atoms. The van der Waals surface area contributed by atoms with Crippen molar-refractivity contribution in [1.29, 1.82) is 0 Å². The second kappa shape index (κ2) is 10.5. The number of amides is 2. The van der Waals surface area contributed by atoms with E-state index < -0.39 is 17.0 Å². The van der Waals surface area contributed by atoms with Crippen LogP contribution in [0.5, 0.6) is 0 Å². The molecule has 2 heterocycles. The predicted molar refractivity (Wildman–Crippen MR) is 112 cm³/mol. The minimum Gasteiger partial charge on any atom is -0.465 e. The highest BCUT2D eigenvalue weighted by Gasteiger charge is 2.44. The molecule has 0 aromatic heterocycles. The van der Waals surface area contributed by atoms with E-state index in [4.69, 9.17) is 14.2 Å². The summed E-state index contributed by atoms with van der Waals surface area (Å²) in [5.74, 6) is -0.448. The van der Waals surface area contributed by atoms with Gasteiger partial charge in [-0.05, 0) is 59.8 Å². The predicted octanol–water partition coefficient (Wildman–Crippen LogP) is 2.98. The largest absolute Gasteiger partial charge is 0.465 e. The molecule has 0 aliphatic carbocycles. The van der Waals surface area contributed by atoms with Gasteiger partial charge in [0, 0.05) is 26.3 Å². The minimum atomic E-state index is -0.584. The van der Waals surface area contributed by atoms with Gasteiger partial charge in [-0.1, -0.05) is 6.92 Å². The van der Waals surface area contributed by atoms with Gasteiger partial charge in [0.25, 0.3) is 0 Å². The van der Waals surface area contributed by atoms with E-state index in [2.05, 4.69) is 0 Å². The van der Waals surface area contributed by atoms with Crippen LogP contribution in [0.4, 0.5) is 4.79 Å². The van der Waals surface area contributed by atoms with Gasteiger partial charge in [-0.25, -0.2) is 4.79 Å². The molecule has 8 nitrogen and oxygen atoms in total. The molecule has 0 radical (unpaired) electrons. The monoisotopic (exact) mass is 426 g/mol. The number of esters is 1. The average molecular weight is 427 g/mol. The molecule has 2 aliphatic heterocycles. The number of hydrogen-bond acceptors (Lipinski definition) is 6. The molecule has 1 atom stereocenters. The molecule has 0 N–H and O–H groups in total. The molecule has 0 aromatic rings. The summed E-state index contributed by atoms with van der Waals surface area (Å²) in [4.78, 5) is 41.9. The summed E-state index contributed by atoms with van der Waals surface area (Å²) in [6.07, 6.45) is 3.08. The topological polar surface area (TPSA) is 85.4 Å². The molecule has 2 saturated heterocycles. The Hall–Kier alpha value is -1.83. The highest BCUT2D eigenvalue weighted by molar-refractivity contribution is 5.87. The van der Waals surface area contributed by atoms with Crippen molar-refractivity contribution in [3.63, 3.8) is 0 Å². The quantitative estimate of drug-likeness (QED) is 0.607. The molecule has 172 valence electrons. The SMILES string of the molecule is CCOC(=O)CN(C(=O)C1(CC)CCOCC1)[C@H]1CCCN(C(=O)OC(C)(C)C)C1. The molecule has 2 rings (SSSR count). The normalized spacial score (nSPS) is 21.6. The van der Waals surface area contributed by atoms with Crippen LogP contribution in [0.25, 0.3) is 0 Å². The summed E-state index contributed by atoms with van der Waals surface area (Å²) in [6, 6.07) is -0.241. The van der Waals surface area contributed by atoms with Crippen molar-refractivity contribution in [2.24, 2.45) is 5.41 Å². The molecule has 8 heteroatoms. The van der Waals surface area contributed by atoms with Gasteiger partial charge >= 0.3 is 12.1 Å². The van der Waals surface area contributed by atoms with E-state index in [-0.39, 0.29) is 31.2 Å². The first-order valence-corrected chi connectivity index (χ1v) is 11.1. The smallest absolute Gasteiger partial charge is 0.410 e. The zero-order valence-corrected chi connectivity index (χ0v) is 19.2. The van der Waals surface area contributed by atoms with Crippen molar-refractivity contribution < 1.29 is 28.6 Å². The number of ether oxygens (including phenoxy) is 3. The zero-order chi connectivity index (χ0) is 22.4. The average Bonchev–Trinajstić information content (AvgIpc) is 2.71. The Morgan fingerprint density at radius 2 is 1.83 bits per heavy atom.